The van der Waals surface area contributed by atoms with Crippen LogP contribution in [0.5, 0.6) is 5.88 Å². The Labute approximate surface area is 145 Å². The standard InChI is InChI=1S/C16H21N5O2S/c1-12-4-10-24-13(12)11-18-16(22)21-8-6-20(7-9-21)15-17-5-3-14(19-15)23-2/h3-5,10H,6-9,11H2,1-2H3,(H,18,22). The Morgan fingerprint density at radius 2 is 2.12 bits per heavy atom. The molecule has 0 unspecified atom stereocenters. The summed E-state index contributed by atoms with van der Waals surface area (Å²) in [4.78, 5) is 26.0. The molecule has 7 nitrogen and oxygen atoms in total. The number of aromatic nitrogens is 2. The molecule has 24 heavy (non-hydrogen) atoms. The summed E-state index contributed by atoms with van der Waals surface area (Å²) in [5.41, 5.74) is 1.22. The van der Waals surface area contributed by atoms with Crippen molar-refractivity contribution in [2.75, 3.05) is 38.2 Å². The molecule has 0 aliphatic carbocycles. The number of rotatable bonds is 4. The van der Waals surface area contributed by atoms with Crippen molar-refractivity contribution in [1.29, 1.82) is 0 Å². The van der Waals surface area contributed by atoms with E-state index in [-0.39, 0.29) is 6.03 Å². The average molecular weight is 347 g/mol. The predicted octanol–water partition coefficient (Wildman–Crippen LogP) is 1.89. The number of methoxy groups -OCH3 is 1. The van der Waals surface area contributed by atoms with Gasteiger partial charge >= 0.3 is 6.03 Å². The fourth-order valence-electron chi connectivity index (χ4n) is 2.56. The number of anilines is 1. The number of urea groups is 1. The van der Waals surface area contributed by atoms with Gasteiger partial charge in [-0.3, -0.25) is 0 Å². The van der Waals surface area contributed by atoms with E-state index in [0.717, 1.165) is 0 Å². The van der Waals surface area contributed by atoms with Crippen LogP contribution in [0.1, 0.15) is 10.4 Å². The lowest BCUT2D eigenvalue weighted by Crippen LogP contribution is -2.52. The van der Waals surface area contributed by atoms with Gasteiger partial charge in [0.15, 0.2) is 0 Å². The predicted molar refractivity (Wildman–Crippen MR) is 93.7 cm³/mol. The van der Waals surface area contributed by atoms with Gasteiger partial charge in [0.25, 0.3) is 0 Å². The number of hydrogen-bond acceptors (Lipinski definition) is 6. The minimum absolute atomic E-state index is 0.0194. The van der Waals surface area contributed by atoms with Crippen LogP contribution < -0.4 is 15.0 Å². The van der Waals surface area contributed by atoms with Gasteiger partial charge in [-0.25, -0.2) is 9.78 Å². The molecular weight excluding hydrogens is 326 g/mol. The summed E-state index contributed by atoms with van der Waals surface area (Å²) in [6.45, 7) is 5.36. The van der Waals surface area contributed by atoms with Crippen LogP contribution in [0.15, 0.2) is 23.7 Å². The zero-order chi connectivity index (χ0) is 16.9. The van der Waals surface area contributed by atoms with Crippen LogP contribution in [0.2, 0.25) is 0 Å². The SMILES string of the molecule is COc1ccnc(N2CCN(C(=O)NCc3sccc3C)CC2)n1. The lowest BCUT2D eigenvalue weighted by atomic mass is 10.3. The quantitative estimate of drug-likeness (QED) is 0.914. The van der Waals surface area contributed by atoms with Crippen LogP contribution in [-0.4, -0.2) is 54.2 Å². The molecule has 1 saturated heterocycles. The lowest BCUT2D eigenvalue weighted by Gasteiger charge is -2.34. The minimum atomic E-state index is -0.0194. The molecule has 0 spiro atoms. The van der Waals surface area contributed by atoms with Gasteiger partial charge in [-0.05, 0) is 23.9 Å². The molecule has 128 valence electrons. The molecule has 2 aromatic rings. The number of nitrogens with zero attached hydrogens (tertiary/aromatic N) is 4. The Hall–Kier alpha value is -2.35. The van der Waals surface area contributed by atoms with Gasteiger partial charge in [0, 0.05) is 43.3 Å². The number of aryl methyl sites for hydroxylation is 1. The van der Waals surface area contributed by atoms with E-state index in [2.05, 4.69) is 33.2 Å². The van der Waals surface area contributed by atoms with Crippen molar-refractivity contribution in [3.8, 4) is 5.88 Å². The third-order valence-electron chi connectivity index (χ3n) is 4.04. The maximum Gasteiger partial charge on any atom is 0.317 e. The molecule has 3 rings (SSSR count). The van der Waals surface area contributed by atoms with Gasteiger partial charge in [0.2, 0.25) is 11.8 Å². The normalized spacial score (nSPS) is 14.6. The Balaban J connectivity index is 1.51. The highest BCUT2D eigenvalue weighted by Gasteiger charge is 2.22. The van der Waals surface area contributed by atoms with E-state index < -0.39 is 0 Å². The molecule has 0 radical (unpaired) electrons. The van der Waals surface area contributed by atoms with Crippen LogP contribution in [0.25, 0.3) is 0 Å². The number of carbonyl (C=O) groups is 1. The topological polar surface area (TPSA) is 70.6 Å². The van der Waals surface area contributed by atoms with Crippen molar-refractivity contribution >= 4 is 23.3 Å². The lowest BCUT2D eigenvalue weighted by molar-refractivity contribution is 0.193. The summed E-state index contributed by atoms with van der Waals surface area (Å²) in [7, 11) is 1.59. The van der Waals surface area contributed by atoms with Crippen molar-refractivity contribution in [3.05, 3.63) is 34.2 Å². The smallest absolute Gasteiger partial charge is 0.317 e. The molecule has 2 aromatic heterocycles. The molecule has 2 amide bonds. The van der Waals surface area contributed by atoms with Crippen LogP contribution in [-0.2, 0) is 6.54 Å². The monoisotopic (exact) mass is 347 g/mol. The second kappa shape index (κ2) is 7.48. The van der Waals surface area contributed by atoms with Gasteiger partial charge in [-0.1, -0.05) is 0 Å². The zero-order valence-corrected chi connectivity index (χ0v) is 14.7. The molecule has 0 saturated carbocycles. The van der Waals surface area contributed by atoms with Crippen LogP contribution in [0.3, 0.4) is 0 Å². The number of piperazine rings is 1. The summed E-state index contributed by atoms with van der Waals surface area (Å²) in [6, 6.07) is 3.77. The first-order chi connectivity index (χ1) is 11.7. The van der Waals surface area contributed by atoms with E-state index in [1.54, 1.807) is 30.7 Å². The summed E-state index contributed by atoms with van der Waals surface area (Å²) < 4.78 is 5.13. The Morgan fingerprint density at radius 3 is 2.79 bits per heavy atom. The van der Waals surface area contributed by atoms with Crippen molar-refractivity contribution < 1.29 is 9.53 Å². The number of hydrogen-bond donors (Lipinski definition) is 1. The highest BCUT2D eigenvalue weighted by atomic mass is 32.1. The molecule has 1 fully saturated rings. The molecular formula is C16H21N5O2S. The zero-order valence-electron chi connectivity index (χ0n) is 13.9. The first-order valence-electron chi connectivity index (χ1n) is 7.85. The highest BCUT2D eigenvalue weighted by molar-refractivity contribution is 7.10. The first-order valence-corrected chi connectivity index (χ1v) is 8.73. The summed E-state index contributed by atoms with van der Waals surface area (Å²) in [5, 5.41) is 5.04. The Kier molecular flexibility index (Phi) is 5.14. The molecule has 3 heterocycles. The second-order valence-electron chi connectivity index (χ2n) is 5.56. The molecule has 0 atom stereocenters. The van der Waals surface area contributed by atoms with Gasteiger partial charge in [-0.2, -0.15) is 4.98 Å². The maximum absolute atomic E-state index is 12.3. The van der Waals surface area contributed by atoms with Crippen LogP contribution >= 0.6 is 11.3 Å². The molecule has 0 bridgehead atoms. The van der Waals surface area contributed by atoms with E-state index in [1.165, 1.54) is 10.4 Å². The largest absolute Gasteiger partial charge is 0.481 e. The fraction of sp³-hybridized carbons (Fsp3) is 0.438. The Bertz CT molecular complexity index is 697. The number of amides is 2. The van der Waals surface area contributed by atoms with Gasteiger partial charge < -0.3 is 19.9 Å². The minimum Gasteiger partial charge on any atom is -0.481 e. The van der Waals surface area contributed by atoms with E-state index >= 15 is 0 Å². The van der Waals surface area contributed by atoms with Crippen molar-refractivity contribution in [2.45, 2.75) is 13.5 Å². The van der Waals surface area contributed by atoms with E-state index in [9.17, 15) is 4.79 Å². The third kappa shape index (κ3) is 3.76. The number of carbonyl (C=O) groups excluding carboxylic acids is 1. The second-order valence-corrected chi connectivity index (χ2v) is 6.56. The maximum atomic E-state index is 12.3. The van der Waals surface area contributed by atoms with Crippen LogP contribution in [0, 0.1) is 6.92 Å². The van der Waals surface area contributed by atoms with Gasteiger partial charge in [0.05, 0.1) is 13.7 Å². The molecule has 0 aromatic carbocycles. The molecule has 1 aliphatic rings. The van der Waals surface area contributed by atoms with Crippen molar-refractivity contribution in [2.24, 2.45) is 0 Å². The van der Waals surface area contributed by atoms with E-state index in [4.69, 9.17) is 4.74 Å². The molecule has 8 heteroatoms. The number of nitrogens with one attached hydrogen (secondary N) is 1. The summed E-state index contributed by atoms with van der Waals surface area (Å²) in [6.07, 6.45) is 1.68. The first kappa shape index (κ1) is 16.5. The third-order valence-corrected chi connectivity index (χ3v) is 5.07. The van der Waals surface area contributed by atoms with Gasteiger partial charge in [0.1, 0.15) is 0 Å². The van der Waals surface area contributed by atoms with E-state index in [0.29, 0.717) is 44.6 Å². The molecule has 1 aliphatic heterocycles. The summed E-state index contributed by atoms with van der Waals surface area (Å²) >= 11 is 1.67. The van der Waals surface area contributed by atoms with E-state index in [1.807, 2.05) is 10.3 Å². The fourth-order valence-corrected chi connectivity index (χ4v) is 3.41. The number of ether oxygens (including phenoxy) is 1. The summed E-state index contributed by atoms with van der Waals surface area (Å²) in [5.74, 6) is 1.19. The Morgan fingerprint density at radius 1 is 1.33 bits per heavy atom. The van der Waals surface area contributed by atoms with Crippen LogP contribution in [0.4, 0.5) is 10.7 Å². The molecule has 1 N–H and O–H groups in total. The van der Waals surface area contributed by atoms with Crippen molar-refractivity contribution in [1.82, 2.24) is 20.2 Å². The van der Waals surface area contributed by atoms with Crippen molar-refractivity contribution in [3.63, 3.8) is 0 Å². The van der Waals surface area contributed by atoms with Gasteiger partial charge in [-0.15, -0.1) is 11.3 Å². The highest BCUT2D eigenvalue weighted by Crippen LogP contribution is 2.16. The average Bonchev–Trinajstić information content (AvgIpc) is 3.05. The number of thiophene rings is 1.